The largest absolute Gasteiger partial charge is 0.372 e. The van der Waals surface area contributed by atoms with E-state index < -0.39 is 0 Å². The summed E-state index contributed by atoms with van der Waals surface area (Å²) in [7, 11) is 0. The van der Waals surface area contributed by atoms with Crippen molar-refractivity contribution in [2.45, 2.75) is 51.5 Å². The van der Waals surface area contributed by atoms with Gasteiger partial charge in [0, 0.05) is 37.4 Å². The highest BCUT2D eigenvalue weighted by Gasteiger charge is 2.26. The smallest absolute Gasteiger partial charge is 0.170 e. The van der Waals surface area contributed by atoms with Crippen LogP contribution in [0.2, 0.25) is 0 Å². The van der Waals surface area contributed by atoms with Crippen LogP contribution in [0.1, 0.15) is 32.3 Å². The van der Waals surface area contributed by atoms with Gasteiger partial charge in [0.25, 0.3) is 0 Å². The van der Waals surface area contributed by atoms with Crippen LogP contribution < -0.4 is 10.2 Å². The fourth-order valence-electron chi connectivity index (χ4n) is 2.72. The summed E-state index contributed by atoms with van der Waals surface area (Å²) in [6.07, 6.45) is 4.32. The fourth-order valence-corrected chi connectivity index (χ4v) is 2.72. The number of pyridine rings is 1. The Hall–Kier alpha value is -1.20. The lowest BCUT2D eigenvalue weighted by molar-refractivity contribution is -0.00566. The van der Waals surface area contributed by atoms with E-state index in [0.29, 0.717) is 37.1 Å². The number of hydrogen-bond donors (Lipinski definition) is 1. The first-order valence-corrected chi connectivity index (χ1v) is 7.40. The predicted octanol–water partition coefficient (Wildman–Crippen LogP) is 2.09. The van der Waals surface area contributed by atoms with Crippen molar-refractivity contribution in [1.82, 2.24) is 10.3 Å². The van der Waals surface area contributed by atoms with Crippen LogP contribution >= 0.6 is 0 Å². The second-order valence-corrected chi connectivity index (χ2v) is 5.93. The number of anilines is 1. The van der Waals surface area contributed by atoms with Crippen molar-refractivity contribution < 1.29 is 9.13 Å². The molecule has 0 radical (unpaired) electrons. The van der Waals surface area contributed by atoms with Gasteiger partial charge in [-0.1, -0.05) is 0 Å². The summed E-state index contributed by atoms with van der Waals surface area (Å²) < 4.78 is 20.3. The summed E-state index contributed by atoms with van der Waals surface area (Å²) >= 11 is 0. The van der Waals surface area contributed by atoms with Crippen molar-refractivity contribution >= 4 is 5.82 Å². The predicted molar refractivity (Wildman–Crippen MR) is 76.3 cm³/mol. The molecule has 2 aliphatic rings. The molecule has 2 unspecified atom stereocenters. The maximum Gasteiger partial charge on any atom is 0.170 e. The van der Waals surface area contributed by atoms with Crippen molar-refractivity contribution in [3.8, 4) is 0 Å². The van der Waals surface area contributed by atoms with E-state index in [2.05, 4.69) is 10.3 Å². The Morgan fingerprint density at radius 1 is 1.35 bits per heavy atom. The number of nitrogens with zero attached hydrogens (tertiary/aromatic N) is 2. The number of hydrogen-bond acceptors (Lipinski definition) is 4. The summed E-state index contributed by atoms with van der Waals surface area (Å²) in [5.41, 5.74) is 0.702. The standard InChI is InChI=1S/C15H22FN3O/c1-10-8-19(9-11(2)20-10)15-14(16)12(5-6-17-15)7-18-13-3-4-13/h5-6,10-11,13,18H,3-4,7-9H2,1-2H3. The number of nitrogens with one attached hydrogen (secondary N) is 1. The van der Waals surface area contributed by atoms with Crippen molar-refractivity contribution in [2.24, 2.45) is 0 Å². The van der Waals surface area contributed by atoms with Gasteiger partial charge in [-0.15, -0.1) is 0 Å². The van der Waals surface area contributed by atoms with Crippen LogP contribution in [0.5, 0.6) is 0 Å². The van der Waals surface area contributed by atoms with Crippen LogP contribution in [0.25, 0.3) is 0 Å². The molecule has 3 rings (SSSR count). The summed E-state index contributed by atoms with van der Waals surface area (Å²) in [4.78, 5) is 6.24. The SMILES string of the molecule is CC1CN(c2nccc(CNC3CC3)c2F)CC(C)O1. The zero-order valence-electron chi connectivity index (χ0n) is 12.1. The maximum atomic E-state index is 14.6. The molecule has 1 saturated heterocycles. The Morgan fingerprint density at radius 2 is 2.05 bits per heavy atom. The molecule has 0 spiro atoms. The Morgan fingerprint density at radius 3 is 2.70 bits per heavy atom. The fraction of sp³-hybridized carbons (Fsp3) is 0.667. The minimum Gasteiger partial charge on any atom is -0.372 e. The quantitative estimate of drug-likeness (QED) is 0.916. The Balaban J connectivity index is 1.75. The molecule has 1 aliphatic carbocycles. The van der Waals surface area contributed by atoms with E-state index in [9.17, 15) is 4.39 Å². The van der Waals surface area contributed by atoms with Crippen molar-refractivity contribution in [1.29, 1.82) is 0 Å². The lowest BCUT2D eigenvalue weighted by Gasteiger charge is -2.36. The molecular weight excluding hydrogens is 257 g/mol. The summed E-state index contributed by atoms with van der Waals surface area (Å²) in [6, 6.07) is 2.34. The first-order valence-electron chi connectivity index (χ1n) is 7.40. The van der Waals surface area contributed by atoms with Gasteiger partial charge in [0.05, 0.1) is 12.2 Å². The van der Waals surface area contributed by atoms with Crippen molar-refractivity contribution in [2.75, 3.05) is 18.0 Å². The molecule has 2 atom stereocenters. The number of ether oxygens (including phenoxy) is 1. The van der Waals surface area contributed by atoms with E-state index in [4.69, 9.17) is 4.74 Å². The Kier molecular flexibility index (Phi) is 3.89. The topological polar surface area (TPSA) is 37.4 Å². The van der Waals surface area contributed by atoms with Gasteiger partial charge in [0.2, 0.25) is 0 Å². The third kappa shape index (κ3) is 3.10. The van der Waals surface area contributed by atoms with Crippen molar-refractivity contribution in [3.05, 3.63) is 23.6 Å². The van der Waals surface area contributed by atoms with Crippen LogP contribution in [-0.2, 0) is 11.3 Å². The molecule has 5 heteroatoms. The third-order valence-electron chi connectivity index (χ3n) is 3.83. The van der Waals surface area contributed by atoms with Gasteiger partial charge < -0.3 is 15.0 Å². The monoisotopic (exact) mass is 279 g/mol. The van der Waals surface area contributed by atoms with Gasteiger partial charge in [0.1, 0.15) is 0 Å². The molecule has 20 heavy (non-hydrogen) atoms. The number of halogens is 1. The van der Waals surface area contributed by atoms with E-state index in [1.54, 1.807) is 12.3 Å². The zero-order valence-corrected chi connectivity index (χ0v) is 12.1. The molecule has 1 aliphatic heterocycles. The second kappa shape index (κ2) is 5.66. The van der Waals surface area contributed by atoms with E-state index in [-0.39, 0.29) is 18.0 Å². The van der Waals surface area contributed by atoms with Gasteiger partial charge in [-0.3, -0.25) is 0 Å². The summed E-state index contributed by atoms with van der Waals surface area (Å²) in [6.45, 7) is 5.99. The molecule has 1 aromatic rings. The van der Waals surface area contributed by atoms with Crippen LogP contribution in [0, 0.1) is 5.82 Å². The van der Waals surface area contributed by atoms with E-state index in [0.717, 1.165) is 0 Å². The van der Waals surface area contributed by atoms with Gasteiger partial charge in [-0.25, -0.2) is 9.37 Å². The molecule has 2 heterocycles. The number of morpholine rings is 1. The lowest BCUT2D eigenvalue weighted by atomic mass is 10.2. The van der Waals surface area contributed by atoms with E-state index >= 15 is 0 Å². The van der Waals surface area contributed by atoms with E-state index in [1.807, 2.05) is 18.7 Å². The Bertz CT molecular complexity index is 468. The van der Waals surface area contributed by atoms with Gasteiger partial charge in [0.15, 0.2) is 11.6 Å². The molecule has 1 saturated carbocycles. The second-order valence-electron chi connectivity index (χ2n) is 5.93. The Labute approximate surface area is 119 Å². The normalized spacial score (nSPS) is 26.9. The van der Waals surface area contributed by atoms with Gasteiger partial charge >= 0.3 is 0 Å². The molecule has 0 bridgehead atoms. The van der Waals surface area contributed by atoms with Gasteiger partial charge in [-0.05, 0) is 32.8 Å². The summed E-state index contributed by atoms with van der Waals surface area (Å²) in [5.74, 6) is 0.268. The molecule has 1 aromatic heterocycles. The molecule has 0 amide bonds. The first kappa shape index (κ1) is 13.8. The average molecular weight is 279 g/mol. The van der Waals surface area contributed by atoms with Crippen LogP contribution in [-0.4, -0.2) is 36.3 Å². The van der Waals surface area contributed by atoms with E-state index in [1.165, 1.54) is 12.8 Å². The highest BCUT2D eigenvalue weighted by Crippen LogP contribution is 2.24. The molecule has 110 valence electrons. The minimum absolute atomic E-state index is 0.105. The molecule has 4 nitrogen and oxygen atoms in total. The number of aromatic nitrogens is 1. The highest BCUT2D eigenvalue weighted by molar-refractivity contribution is 5.44. The third-order valence-corrected chi connectivity index (χ3v) is 3.83. The van der Waals surface area contributed by atoms with Crippen LogP contribution in [0.3, 0.4) is 0 Å². The van der Waals surface area contributed by atoms with Crippen molar-refractivity contribution in [3.63, 3.8) is 0 Å². The summed E-state index contributed by atoms with van der Waals surface area (Å²) in [5, 5.41) is 3.35. The molecule has 1 N–H and O–H groups in total. The lowest BCUT2D eigenvalue weighted by Crippen LogP contribution is -2.46. The first-order chi connectivity index (χ1) is 9.63. The maximum absolute atomic E-state index is 14.6. The molecule has 0 aromatic carbocycles. The average Bonchev–Trinajstić information content (AvgIpc) is 3.20. The molecular formula is C15H22FN3O. The number of rotatable bonds is 4. The highest BCUT2D eigenvalue weighted by atomic mass is 19.1. The zero-order chi connectivity index (χ0) is 14.1. The van der Waals surface area contributed by atoms with Crippen LogP contribution in [0.15, 0.2) is 12.3 Å². The van der Waals surface area contributed by atoms with Gasteiger partial charge in [-0.2, -0.15) is 0 Å². The minimum atomic E-state index is -0.193. The molecule has 2 fully saturated rings. The van der Waals surface area contributed by atoms with Crippen LogP contribution in [0.4, 0.5) is 10.2 Å².